The van der Waals surface area contributed by atoms with Gasteiger partial charge < -0.3 is 16.8 Å². The van der Waals surface area contributed by atoms with Gasteiger partial charge in [-0.1, -0.05) is 0 Å². The molecule has 0 radical (unpaired) electrons. The second-order valence-electron chi connectivity index (χ2n) is 2.31. The van der Waals surface area contributed by atoms with Gasteiger partial charge in [-0.3, -0.25) is 0 Å². The van der Waals surface area contributed by atoms with Gasteiger partial charge in [0, 0.05) is 12.6 Å². The highest BCUT2D eigenvalue weighted by atomic mass is 15.1. The third kappa shape index (κ3) is 1.78. The largest absolute Gasteiger partial charge is 0.344 e. The van der Waals surface area contributed by atoms with E-state index in [2.05, 4.69) is 11.9 Å². The Bertz CT molecular complexity index is 56.7. The standard InChI is InChI=1S/C5H12N2.H3N/c1-7-3-2-5(6)4-7;/h5H,2-4,6H2,1H3;1H3. The maximum absolute atomic E-state index is 5.58. The molecule has 1 fully saturated rings. The first-order valence-corrected chi connectivity index (χ1v) is 2.73. The maximum Gasteiger partial charge on any atom is 0.0179 e. The summed E-state index contributed by atoms with van der Waals surface area (Å²) in [7, 11) is 2.10. The summed E-state index contributed by atoms with van der Waals surface area (Å²) in [5.41, 5.74) is 5.58. The third-order valence-corrected chi connectivity index (χ3v) is 1.43. The average molecular weight is 117 g/mol. The number of rotatable bonds is 0. The van der Waals surface area contributed by atoms with Gasteiger partial charge in [0.05, 0.1) is 0 Å². The molecule has 0 aromatic rings. The van der Waals surface area contributed by atoms with Crippen LogP contribution in [0.15, 0.2) is 0 Å². The van der Waals surface area contributed by atoms with E-state index in [9.17, 15) is 0 Å². The van der Waals surface area contributed by atoms with Crippen molar-refractivity contribution in [3.05, 3.63) is 0 Å². The van der Waals surface area contributed by atoms with Crippen molar-refractivity contribution in [1.29, 1.82) is 0 Å². The Hall–Kier alpha value is -0.120. The van der Waals surface area contributed by atoms with Gasteiger partial charge >= 0.3 is 0 Å². The summed E-state index contributed by atoms with van der Waals surface area (Å²) >= 11 is 0. The predicted molar refractivity (Wildman–Crippen MR) is 35.1 cm³/mol. The van der Waals surface area contributed by atoms with Crippen molar-refractivity contribution in [2.75, 3.05) is 20.1 Å². The van der Waals surface area contributed by atoms with E-state index in [1.165, 1.54) is 13.0 Å². The Labute approximate surface area is 50.4 Å². The zero-order valence-electron chi connectivity index (χ0n) is 5.43. The van der Waals surface area contributed by atoms with E-state index in [-0.39, 0.29) is 6.15 Å². The minimum Gasteiger partial charge on any atom is -0.344 e. The van der Waals surface area contributed by atoms with Crippen molar-refractivity contribution in [2.24, 2.45) is 5.73 Å². The fourth-order valence-corrected chi connectivity index (χ4v) is 0.969. The van der Waals surface area contributed by atoms with Crippen LogP contribution >= 0.6 is 0 Å². The van der Waals surface area contributed by atoms with Crippen molar-refractivity contribution in [3.63, 3.8) is 0 Å². The second kappa shape index (κ2) is 3.02. The van der Waals surface area contributed by atoms with Crippen LogP contribution in [-0.4, -0.2) is 31.1 Å². The molecule has 8 heavy (non-hydrogen) atoms. The summed E-state index contributed by atoms with van der Waals surface area (Å²) in [6.45, 7) is 2.27. The van der Waals surface area contributed by atoms with Crippen LogP contribution in [0, 0.1) is 0 Å². The summed E-state index contributed by atoms with van der Waals surface area (Å²) in [5, 5.41) is 0. The zero-order chi connectivity index (χ0) is 5.28. The van der Waals surface area contributed by atoms with Gasteiger partial charge in [-0.25, -0.2) is 0 Å². The first-order chi connectivity index (χ1) is 3.29. The molecule has 0 amide bonds. The SMILES string of the molecule is CN1CCC(N)C1.N. The molecular formula is C5H15N3. The highest BCUT2D eigenvalue weighted by Gasteiger charge is 2.13. The smallest absolute Gasteiger partial charge is 0.0179 e. The summed E-state index contributed by atoms with van der Waals surface area (Å²) in [6, 6.07) is 0.449. The van der Waals surface area contributed by atoms with Crippen molar-refractivity contribution in [1.82, 2.24) is 11.1 Å². The van der Waals surface area contributed by atoms with E-state index in [4.69, 9.17) is 5.73 Å². The topological polar surface area (TPSA) is 64.3 Å². The van der Waals surface area contributed by atoms with Gasteiger partial charge in [-0.05, 0) is 20.0 Å². The van der Waals surface area contributed by atoms with Crippen LogP contribution in [0.4, 0.5) is 0 Å². The molecule has 3 heteroatoms. The lowest BCUT2D eigenvalue weighted by atomic mass is 10.3. The van der Waals surface area contributed by atoms with E-state index in [0.29, 0.717) is 6.04 Å². The number of hydrogen-bond acceptors (Lipinski definition) is 3. The Kier molecular flexibility index (Phi) is 2.97. The minimum atomic E-state index is 0. The Morgan fingerprint density at radius 1 is 1.62 bits per heavy atom. The zero-order valence-corrected chi connectivity index (χ0v) is 5.43. The van der Waals surface area contributed by atoms with Crippen LogP contribution in [0.2, 0.25) is 0 Å². The van der Waals surface area contributed by atoms with Gasteiger partial charge in [-0.2, -0.15) is 0 Å². The number of nitrogens with two attached hydrogens (primary N) is 1. The van der Waals surface area contributed by atoms with Crippen LogP contribution in [-0.2, 0) is 0 Å². The molecule has 0 aromatic heterocycles. The van der Waals surface area contributed by atoms with E-state index in [1.54, 1.807) is 0 Å². The van der Waals surface area contributed by atoms with E-state index < -0.39 is 0 Å². The van der Waals surface area contributed by atoms with Crippen molar-refractivity contribution in [3.8, 4) is 0 Å². The van der Waals surface area contributed by atoms with Crippen molar-refractivity contribution < 1.29 is 0 Å². The van der Waals surface area contributed by atoms with E-state index >= 15 is 0 Å². The summed E-state index contributed by atoms with van der Waals surface area (Å²) in [5.74, 6) is 0. The minimum absolute atomic E-state index is 0. The molecule has 3 nitrogen and oxygen atoms in total. The summed E-state index contributed by atoms with van der Waals surface area (Å²) in [6.07, 6.45) is 1.18. The van der Waals surface area contributed by atoms with Crippen molar-refractivity contribution in [2.45, 2.75) is 12.5 Å². The molecule has 0 saturated carbocycles. The lowest BCUT2D eigenvalue weighted by Gasteiger charge is -2.03. The molecule has 1 heterocycles. The van der Waals surface area contributed by atoms with Gasteiger partial charge in [0.25, 0.3) is 0 Å². The van der Waals surface area contributed by atoms with Crippen LogP contribution in [0.25, 0.3) is 0 Å². The highest BCUT2D eigenvalue weighted by molar-refractivity contribution is 4.74. The average Bonchev–Trinajstić information content (AvgIpc) is 1.87. The number of hydrogen-bond donors (Lipinski definition) is 2. The van der Waals surface area contributed by atoms with Crippen molar-refractivity contribution >= 4 is 0 Å². The Balaban J connectivity index is 0.000000490. The van der Waals surface area contributed by atoms with Gasteiger partial charge in [-0.15, -0.1) is 0 Å². The molecule has 5 N–H and O–H groups in total. The first-order valence-electron chi connectivity index (χ1n) is 2.73. The molecule has 1 atom stereocenters. The number of likely N-dealkylation sites (N-methyl/N-ethyl adjacent to an activating group) is 1. The van der Waals surface area contributed by atoms with Gasteiger partial charge in [0.2, 0.25) is 0 Å². The molecular weight excluding hydrogens is 102 g/mol. The van der Waals surface area contributed by atoms with Crippen LogP contribution in [0.5, 0.6) is 0 Å². The predicted octanol–water partition coefficient (Wildman–Crippen LogP) is -0.189. The highest BCUT2D eigenvalue weighted by Crippen LogP contribution is 2.01. The third-order valence-electron chi connectivity index (χ3n) is 1.43. The molecule has 1 aliphatic heterocycles. The monoisotopic (exact) mass is 117 g/mol. The molecule has 0 aliphatic carbocycles. The van der Waals surface area contributed by atoms with Crippen LogP contribution < -0.4 is 11.9 Å². The molecule has 1 unspecified atom stereocenters. The number of nitrogens with zero attached hydrogens (tertiary/aromatic N) is 1. The molecule has 0 aromatic carbocycles. The molecule has 1 aliphatic rings. The summed E-state index contributed by atoms with van der Waals surface area (Å²) in [4.78, 5) is 2.25. The normalized spacial score (nSPS) is 30.0. The molecule has 0 spiro atoms. The van der Waals surface area contributed by atoms with Crippen LogP contribution in [0.3, 0.4) is 0 Å². The maximum atomic E-state index is 5.58. The lowest BCUT2D eigenvalue weighted by Crippen LogP contribution is -2.23. The van der Waals surface area contributed by atoms with E-state index in [1.807, 2.05) is 0 Å². The fourth-order valence-electron chi connectivity index (χ4n) is 0.969. The number of likely N-dealkylation sites (tertiary alicyclic amines) is 1. The first kappa shape index (κ1) is 7.88. The van der Waals surface area contributed by atoms with Gasteiger partial charge in [0.15, 0.2) is 0 Å². The lowest BCUT2D eigenvalue weighted by molar-refractivity contribution is 0.411. The molecule has 0 bridgehead atoms. The molecule has 50 valence electrons. The Morgan fingerprint density at radius 2 is 2.25 bits per heavy atom. The fraction of sp³-hybridized carbons (Fsp3) is 1.00. The van der Waals surface area contributed by atoms with Gasteiger partial charge in [0.1, 0.15) is 0 Å². The van der Waals surface area contributed by atoms with E-state index in [0.717, 1.165) is 6.54 Å². The Morgan fingerprint density at radius 3 is 2.38 bits per heavy atom. The second-order valence-corrected chi connectivity index (χ2v) is 2.31. The molecule has 1 saturated heterocycles. The quantitative estimate of drug-likeness (QED) is 0.462. The molecule has 1 rings (SSSR count). The van der Waals surface area contributed by atoms with Crippen LogP contribution in [0.1, 0.15) is 6.42 Å². The summed E-state index contributed by atoms with van der Waals surface area (Å²) < 4.78 is 0.